The number of aromatic amines is 1. The van der Waals surface area contributed by atoms with Crippen LogP contribution in [0.1, 0.15) is 58.6 Å². The zero-order valence-electron chi connectivity index (χ0n) is 16.4. The Balaban J connectivity index is 1.84. The van der Waals surface area contributed by atoms with Gasteiger partial charge in [0.25, 0.3) is 0 Å². The minimum absolute atomic E-state index is 0.248. The third-order valence-electron chi connectivity index (χ3n) is 5.25. The number of halogens is 2. The fourth-order valence-corrected chi connectivity index (χ4v) is 3.92. The molecule has 1 fully saturated rings. The van der Waals surface area contributed by atoms with Crippen LogP contribution >= 0.6 is 11.6 Å². The Kier molecular flexibility index (Phi) is 5.00. The molecule has 28 heavy (non-hydrogen) atoms. The SMILES string of the molecule is CC(C)(C)c1nc(-c2c[nH]c3ncc(Cl)cc23)nc(NC2CCCCC2)c1F. The zero-order chi connectivity index (χ0) is 19.9. The highest BCUT2D eigenvalue weighted by Crippen LogP contribution is 2.33. The molecule has 7 heteroatoms. The van der Waals surface area contributed by atoms with E-state index in [1.165, 1.54) is 6.42 Å². The Morgan fingerprint density at radius 3 is 2.64 bits per heavy atom. The highest BCUT2D eigenvalue weighted by molar-refractivity contribution is 6.31. The smallest absolute Gasteiger partial charge is 0.187 e. The number of nitrogens with zero attached hydrogens (tertiary/aromatic N) is 3. The lowest BCUT2D eigenvalue weighted by atomic mass is 9.91. The first-order valence-corrected chi connectivity index (χ1v) is 10.2. The van der Waals surface area contributed by atoms with Crippen molar-refractivity contribution in [1.29, 1.82) is 0 Å². The first-order chi connectivity index (χ1) is 13.3. The number of rotatable bonds is 3. The van der Waals surface area contributed by atoms with Gasteiger partial charge in [-0.2, -0.15) is 0 Å². The van der Waals surface area contributed by atoms with Crippen LogP contribution in [0.2, 0.25) is 5.02 Å². The summed E-state index contributed by atoms with van der Waals surface area (Å²) in [5.41, 5.74) is 1.42. The molecule has 2 N–H and O–H groups in total. The minimum atomic E-state index is -0.452. The average Bonchev–Trinajstić information content (AvgIpc) is 3.06. The summed E-state index contributed by atoms with van der Waals surface area (Å²) < 4.78 is 15.3. The maximum Gasteiger partial charge on any atom is 0.187 e. The van der Waals surface area contributed by atoms with E-state index in [2.05, 4.69) is 25.3 Å². The van der Waals surface area contributed by atoms with Gasteiger partial charge in [-0.05, 0) is 18.9 Å². The summed E-state index contributed by atoms with van der Waals surface area (Å²) in [6, 6.07) is 2.07. The van der Waals surface area contributed by atoms with Crippen molar-refractivity contribution in [2.75, 3.05) is 5.32 Å². The van der Waals surface area contributed by atoms with Crippen LogP contribution in [0, 0.1) is 5.82 Å². The predicted molar refractivity (Wildman–Crippen MR) is 111 cm³/mol. The van der Waals surface area contributed by atoms with Gasteiger partial charge >= 0.3 is 0 Å². The van der Waals surface area contributed by atoms with E-state index in [1.54, 1.807) is 12.4 Å². The Morgan fingerprint density at radius 1 is 1.18 bits per heavy atom. The molecule has 3 aromatic heterocycles. The van der Waals surface area contributed by atoms with Crippen LogP contribution < -0.4 is 5.32 Å². The maximum absolute atomic E-state index is 15.3. The van der Waals surface area contributed by atoms with Crippen molar-refractivity contribution < 1.29 is 4.39 Å². The summed E-state index contributed by atoms with van der Waals surface area (Å²) in [6.45, 7) is 5.88. The minimum Gasteiger partial charge on any atom is -0.365 e. The molecule has 0 saturated heterocycles. The Hall–Kier alpha value is -2.21. The second kappa shape index (κ2) is 7.32. The van der Waals surface area contributed by atoms with Crippen molar-refractivity contribution >= 4 is 28.5 Å². The lowest BCUT2D eigenvalue weighted by molar-refractivity contribution is 0.455. The topological polar surface area (TPSA) is 66.5 Å². The van der Waals surface area contributed by atoms with E-state index in [4.69, 9.17) is 11.6 Å². The van der Waals surface area contributed by atoms with Gasteiger partial charge in [0, 0.05) is 34.8 Å². The van der Waals surface area contributed by atoms with Crippen LogP contribution in [0.25, 0.3) is 22.4 Å². The van der Waals surface area contributed by atoms with Crippen LogP contribution in [-0.4, -0.2) is 26.0 Å². The highest BCUT2D eigenvalue weighted by atomic mass is 35.5. The third-order valence-corrected chi connectivity index (χ3v) is 5.45. The molecular weight excluding hydrogens is 377 g/mol. The summed E-state index contributed by atoms with van der Waals surface area (Å²) in [4.78, 5) is 16.6. The number of hydrogen-bond donors (Lipinski definition) is 2. The Labute approximate surface area is 169 Å². The number of H-pyrrole nitrogens is 1. The molecule has 3 aromatic rings. The van der Waals surface area contributed by atoms with Gasteiger partial charge < -0.3 is 10.3 Å². The molecule has 4 rings (SSSR count). The van der Waals surface area contributed by atoms with Gasteiger partial charge in [0.15, 0.2) is 17.5 Å². The lowest BCUT2D eigenvalue weighted by Crippen LogP contribution is -2.26. The zero-order valence-corrected chi connectivity index (χ0v) is 17.2. The normalized spacial score (nSPS) is 15.9. The van der Waals surface area contributed by atoms with Gasteiger partial charge in [-0.25, -0.2) is 19.3 Å². The summed E-state index contributed by atoms with van der Waals surface area (Å²) in [7, 11) is 0. The largest absolute Gasteiger partial charge is 0.365 e. The van der Waals surface area contributed by atoms with E-state index < -0.39 is 5.41 Å². The third kappa shape index (κ3) is 3.70. The molecule has 0 unspecified atom stereocenters. The first-order valence-electron chi connectivity index (χ1n) is 9.80. The second-order valence-electron chi connectivity index (χ2n) is 8.54. The van der Waals surface area contributed by atoms with E-state index >= 15 is 4.39 Å². The van der Waals surface area contributed by atoms with Gasteiger partial charge in [0.2, 0.25) is 0 Å². The van der Waals surface area contributed by atoms with E-state index in [1.807, 2.05) is 26.8 Å². The Bertz CT molecular complexity index is 1000. The van der Waals surface area contributed by atoms with Gasteiger partial charge in [0.1, 0.15) is 5.65 Å². The van der Waals surface area contributed by atoms with Crippen molar-refractivity contribution in [2.24, 2.45) is 0 Å². The summed E-state index contributed by atoms with van der Waals surface area (Å²) in [6.07, 6.45) is 9.04. The van der Waals surface area contributed by atoms with Crippen LogP contribution in [-0.2, 0) is 5.41 Å². The molecule has 0 atom stereocenters. The second-order valence-corrected chi connectivity index (χ2v) is 8.98. The number of nitrogens with one attached hydrogen (secondary N) is 2. The quantitative estimate of drug-likeness (QED) is 0.577. The van der Waals surface area contributed by atoms with Crippen molar-refractivity contribution in [2.45, 2.75) is 64.3 Å². The fraction of sp³-hybridized carbons (Fsp3) is 0.476. The number of anilines is 1. The van der Waals surface area contributed by atoms with Crippen LogP contribution in [0.15, 0.2) is 18.5 Å². The summed E-state index contributed by atoms with van der Waals surface area (Å²) >= 11 is 6.13. The van der Waals surface area contributed by atoms with Gasteiger partial charge in [-0.15, -0.1) is 0 Å². The lowest BCUT2D eigenvalue weighted by Gasteiger charge is -2.26. The fourth-order valence-electron chi connectivity index (χ4n) is 3.76. The van der Waals surface area contributed by atoms with Crippen molar-refractivity contribution in [3.63, 3.8) is 0 Å². The van der Waals surface area contributed by atoms with E-state index in [-0.39, 0.29) is 17.7 Å². The molecule has 0 amide bonds. The molecule has 0 spiro atoms. The van der Waals surface area contributed by atoms with E-state index in [0.29, 0.717) is 22.2 Å². The van der Waals surface area contributed by atoms with Crippen molar-refractivity contribution in [3.8, 4) is 11.4 Å². The molecular formula is C21H25ClFN5. The number of aromatic nitrogens is 4. The summed E-state index contributed by atoms with van der Waals surface area (Å²) in [5.74, 6) is 0.393. The highest BCUT2D eigenvalue weighted by Gasteiger charge is 2.27. The van der Waals surface area contributed by atoms with Gasteiger partial charge in [-0.1, -0.05) is 51.6 Å². The predicted octanol–water partition coefficient (Wildman–Crippen LogP) is 5.85. The standard InChI is InChI=1S/C21H25ClFN5/c1-21(2,3)17-16(23)20(26-13-7-5-4-6-8-13)28-19(27-17)15-11-25-18-14(15)9-12(22)10-24-18/h9-11,13H,4-8H2,1-3H3,(H,24,25)(H,26,27,28). The van der Waals surface area contributed by atoms with Crippen molar-refractivity contribution in [3.05, 3.63) is 35.0 Å². The summed E-state index contributed by atoms with van der Waals surface area (Å²) in [5, 5.41) is 4.70. The molecule has 0 aliphatic heterocycles. The number of pyridine rings is 1. The average molecular weight is 402 g/mol. The molecule has 148 valence electrons. The molecule has 0 aromatic carbocycles. The van der Waals surface area contributed by atoms with Crippen molar-refractivity contribution in [1.82, 2.24) is 19.9 Å². The van der Waals surface area contributed by atoms with Gasteiger partial charge in [0.05, 0.1) is 10.7 Å². The number of hydrogen-bond acceptors (Lipinski definition) is 4. The molecule has 1 saturated carbocycles. The van der Waals surface area contributed by atoms with E-state index in [0.717, 1.165) is 36.6 Å². The molecule has 1 aliphatic rings. The first kappa shape index (κ1) is 19.1. The molecule has 5 nitrogen and oxygen atoms in total. The van der Waals surface area contributed by atoms with Crippen LogP contribution in [0.3, 0.4) is 0 Å². The number of fused-ring (bicyclic) bond motifs is 1. The molecule has 1 aliphatic carbocycles. The van der Waals surface area contributed by atoms with E-state index in [9.17, 15) is 0 Å². The monoisotopic (exact) mass is 401 g/mol. The molecule has 0 bridgehead atoms. The molecule has 3 heterocycles. The maximum atomic E-state index is 15.3. The van der Waals surface area contributed by atoms with Gasteiger partial charge in [-0.3, -0.25) is 0 Å². The van der Waals surface area contributed by atoms with Crippen LogP contribution in [0.4, 0.5) is 10.2 Å². The molecule has 0 radical (unpaired) electrons. The van der Waals surface area contributed by atoms with Crippen LogP contribution in [0.5, 0.6) is 0 Å². The Morgan fingerprint density at radius 2 is 1.93 bits per heavy atom.